The summed E-state index contributed by atoms with van der Waals surface area (Å²) in [6.45, 7) is 6.05. The monoisotopic (exact) mass is 800 g/mol. The van der Waals surface area contributed by atoms with E-state index in [4.69, 9.17) is 28.4 Å². The Morgan fingerprint density at radius 3 is 2.60 bits per heavy atom. The van der Waals surface area contributed by atoms with Crippen molar-refractivity contribution in [3.05, 3.63) is 62.7 Å². The second kappa shape index (κ2) is 14.1. The fourth-order valence-electron chi connectivity index (χ4n) is 10.5. The summed E-state index contributed by atoms with van der Waals surface area (Å²) in [6, 6.07) is 5.47. The second-order valence-electron chi connectivity index (χ2n) is 15.9. The highest BCUT2D eigenvalue weighted by Crippen LogP contribution is 2.64. The van der Waals surface area contributed by atoms with E-state index in [1.54, 1.807) is 19.2 Å². The first-order valence-corrected chi connectivity index (χ1v) is 20.6. The first-order valence-electron chi connectivity index (χ1n) is 19.5. The average Bonchev–Trinajstić information content (AvgIpc) is 3.68. The number of benzene rings is 3. The van der Waals surface area contributed by atoms with Crippen molar-refractivity contribution in [3.63, 3.8) is 0 Å². The SMILES string of the molecule is CCCC(O)Oc1c(C)c2c(c3c1[C@H]1SC[C@]4(NCCc5cc(O)c(OC)cc54)C(=O)OC[C@@H]3N3C1[C@H]1c4c(cc(C)c(OC)c4O)C[C@H]([C@@H]3C#N)N1C)OCO2. The Hall–Kier alpha value is -4.59. The molecule has 0 aromatic heterocycles. The summed E-state index contributed by atoms with van der Waals surface area (Å²) in [5.41, 5.74) is 4.73. The molecule has 3 aromatic carbocycles. The van der Waals surface area contributed by atoms with Crippen LogP contribution in [0.3, 0.4) is 0 Å². The number of phenolic OH excluding ortho intramolecular Hbond substituents is 2. The molecule has 4 bridgehead atoms. The summed E-state index contributed by atoms with van der Waals surface area (Å²) in [6.07, 6.45) is 1.02. The number of phenols is 2. The molecule has 15 heteroatoms. The van der Waals surface area contributed by atoms with Gasteiger partial charge in [-0.25, -0.2) is 4.79 Å². The van der Waals surface area contributed by atoms with Gasteiger partial charge in [-0.2, -0.15) is 5.26 Å². The summed E-state index contributed by atoms with van der Waals surface area (Å²) >= 11 is 1.52. The third-order valence-electron chi connectivity index (χ3n) is 13.0. The number of carbonyl (C=O) groups excluding carboxylic acids is 1. The standard InChI is InChI=1S/C42H48N4O10S/c1-7-8-29(48)56-37-20(3)38-39(55-18-54-38)31-26-16-53-41(50)42(23-14-28(51-5)27(47)13-21(23)9-10-44-42)17-57-40(32(31)37)34-33-30-22(11-19(2)36(52-6)35(30)49)12-24(45(33)4)25(15-43)46(26)34/h11,13-14,24-26,29,33-34,40,44,47-49H,7-10,12,16-18H2,1-6H3/t24-,25+,26+,29?,33-,34?,40-,42-/m1/s1. The molecular formula is C42H48N4O10S. The maximum absolute atomic E-state index is 14.8. The van der Waals surface area contributed by atoms with Crippen molar-refractivity contribution in [1.82, 2.24) is 15.1 Å². The number of nitrogens with zero attached hydrogens (tertiary/aromatic N) is 3. The lowest BCUT2D eigenvalue weighted by molar-refractivity contribution is -0.157. The summed E-state index contributed by atoms with van der Waals surface area (Å²) in [4.78, 5) is 19.2. The van der Waals surface area contributed by atoms with E-state index >= 15 is 0 Å². The van der Waals surface area contributed by atoms with E-state index in [1.807, 2.05) is 27.8 Å². The third-order valence-corrected chi connectivity index (χ3v) is 14.5. The van der Waals surface area contributed by atoms with Crippen LogP contribution in [0.15, 0.2) is 18.2 Å². The molecule has 4 N–H and O–H groups in total. The number of nitrogens with one attached hydrogen (secondary N) is 1. The summed E-state index contributed by atoms with van der Waals surface area (Å²) < 4.78 is 36.8. The van der Waals surface area contributed by atoms with Crippen molar-refractivity contribution in [2.75, 3.05) is 47.0 Å². The van der Waals surface area contributed by atoms with Gasteiger partial charge in [-0.1, -0.05) is 19.4 Å². The molecule has 7 aliphatic rings. The van der Waals surface area contributed by atoms with Crippen molar-refractivity contribution < 1.29 is 48.5 Å². The number of esters is 1. The first-order chi connectivity index (χ1) is 27.5. The van der Waals surface area contributed by atoms with E-state index in [1.165, 1.54) is 18.9 Å². The number of aryl methyl sites for hydroxylation is 1. The summed E-state index contributed by atoms with van der Waals surface area (Å²) in [5.74, 6) is 1.81. The molecule has 8 atom stereocenters. The number of fused-ring (bicyclic) bond motifs is 9. The normalized spacial score (nSPS) is 29.0. The number of ether oxygens (including phenoxy) is 6. The molecule has 0 saturated carbocycles. The number of carbonyl (C=O) groups is 1. The first kappa shape index (κ1) is 38.0. The molecule has 2 unspecified atom stereocenters. The Kier molecular flexibility index (Phi) is 9.36. The molecule has 2 saturated heterocycles. The molecule has 3 aromatic rings. The highest BCUT2D eigenvalue weighted by molar-refractivity contribution is 7.99. The van der Waals surface area contributed by atoms with Crippen LogP contribution < -0.4 is 29.0 Å². The number of methoxy groups -OCH3 is 2. The quantitative estimate of drug-likeness (QED) is 0.202. The smallest absolute Gasteiger partial charge is 0.331 e. The molecule has 14 nitrogen and oxygen atoms in total. The van der Waals surface area contributed by atoms with Crippen molar-refractivity contribution >= 4 is 17.7 Å². The number of piperazine rings is 1. The third kappa shape index (κ3) is 5.40. The molecule has 0 aliphatic carbocycles. The topological polar surface area (TPSA) is 175 Å². The predicted molar refractivity (Wildman–Crippen MR) is 208 cm³/mol. The van der Waals surface area contributed by atoms with E-state index in [0.29, 0.717) is 71.9 Å². The van der Waals surface area contributed by atoms with E-state index in [9.17, 15) is 25.4 Å². The van der Waals surface area contributed by atoms with E-state index in [-0.39, 0.29) is 42.4 Å². The maximum atomic E-state index is 14.8. The number of hydrogen-bond acceptors (Lipinski definition) is 15. The zero-order chi connectivity index (χ0) is 40.1. The van der Waals surface area contributed by atoms with Crippen LogP contribution in [0.25, 0.3) is 0 Å². The molecule has 0 radical (unpaired) electrons. The zero-order valence-electron chi connectivity index (χ0n) is 32.9. The van der Waals surface area contributed by atoms with Crippen LogP contribution in [0.4, 0.5) is 0 Å². The number of aliphatic hydroxyl groups is 1. The van der Waals surface area contributed by atoms with E-state index in [0.717, 1.165) is 27.8 Å². The van der Waals surface area contributed by atoms with Crippen molar-refractivity contribution in [3.8, 4) is 46.3 Å². The van der Waals surface area contributed by atoms with Gasteiger partial charge < -0.3 is 43.7 Å². The average molecular weight is 801 g/mol. The predicted octanol–water partition coefficient (Wildman–Crippen LogP) is 4.56. The lowest BCUT2D eigenvalue weighted by Crippen LogP contribution is -2.69. The Morgan fingerprint density at radius 2 is 1.86 bits per heavy atom. The number of aliphatic hydroxyl groups excluding tert-OH is 1. The highest BCUT2D eigenvalue weighted by atomic mass is 32.2. The summed E-state index contributed by atoms with van der Waals surface area (Å²) in [5, 5.41) is 48.4. The maximum Gasteiger partial charge on any atom is 0.331 e. The van der Waals surface area contributed by atoms with Gasteiger partial charge in [-0.15, -0.1) is 11.8 Å². The van der Waals surface area contributed by atoms with E-state index < -0.39 is 47.2 Å². The van der Waals surface area contributed by atoms with Gasteiger partial charge in [0.1, 0.15) is 18.4 Å². The van der Waals surface area contributed by atoms with Gasteiger partial charge in [0.05, 0.1) is 37.6 Å². The molecule has 7 aliphatic heterocycles. The largest absolute Gasteiger partial charge is 0.504 e. The van der Waals surface area contributed by atoms with Crippen LogP contribution in [-0.4, -0.2) is 102 Å². The minimum atomic E-state index is -1.35. The van der Waals surface area contributed by atoms with Crippen molar-refractivity contribution in [2.24, 2.45) is 0 Å². The molecule has 7 heterocycles. The lowest BCUT2D eigenvalue weighted by Gasteiger charge is -2.62. The lowest BCUT2D eigenvalue weighted by atomic mass is 9.71. The van der Waals surface area contributed by atoms with E-state index in [2.05, 4.69) is 27.3 Å². The van der Waals surface area contributed by atoms with Gasteiger partial charge in [0.25, 0.3) is 0 Å². The fourth-order valence-corrected chi connectivity index (χ4v) is 12.2. The number of aromatic hydroxyl groups is 2. The van der Waals surface area contributed by atoms with Crippen LogP contribution in [0.2, 0.25) is 0 Å². The van der Waals surface area contributed by atoms with Gasteiger partial charge >= 0.3 is 5.97 Å². The van der Waals surface area contributed by atoms with Gasteiger partial charge in [-0.05, 0) is 68.1 Å². The molecule has 0 amide bonds. The Labute approximate surface area is 335 Å². The Balaban J connectivity index is 1.33. The van der Waals surface area contributed by atoms with Gasteiger partial charge in [0.2, 0.25) is 6.79 Å². The van der Waals surface area contributed by atoms with Crippen molar-refractivity contribution in [2.45, 2.75) is 93.7 Å². The van der Waals surface area contributed by atoms with Gasteiger partial charge in [0.15, 0.2) is 46.3 Å². The number of likely N-dealkylation sites (N-methyl/N-ethyl adjacent to an activating group) is 1. The van der Waals surface area contributed by atoms with Gasteiger partial charge in [0, 0.05) is 53.1 Å². The molecule has 57 heavy (non-hydrogen) atoms. The van der Waals surface area contributed by atoms with Crippen LogP contribution in [0.5, 0.6) is 40.2 Å². The molecule has 10 rings (SSSR count). The number of thioether (sulfide) groups is 1. The summed E-state index contributed by atoms with van der Waals surface area (Å²) in [7, 11) is 5.04. The fraction of sp³-hybridized carbons (Fsp3) is 0.524. The second-order valence-corrected chi connectivity index (χ2v) is 17.0. The van der Waals surface area contributed by atoms with Crippen LogP contribution in [0, 0.1) is 25.2 Å². The van der Waals surface area contributed by atoms with Crippen LogP contribution >= 0.6 is 11.8 Å². The highest BCUT2D eigenvalue weighted by Gasteiger charge is 2.62. The molecular weight excluding hydrogens is 753 g/mol. The minimum absolute atomic E-state index is 0.0134. The minimum Gasteiger partial charge on any atom is -0.504 e. The van der Waals surface area contributed by atoms with Crippen LogP contribution in [0.1, 0.15) is 81.6 Å². The number of rotatable bonds is 6. The Morgan fingerprint density at radius 1 is 1.07 bits per heavy atom. The zero-order valence-corrected chi connectivity index (χ0v) is 33.7. The van der Waals surface area contributed by atoms with Crippen LogP contribution in [-0.2, 0) is 27.9 Å². The molecule has 302 valence electrons. The Bertz CT molecular complexity index is 2210. The number of nitriles is 1. The molecule has 2 fully saturated rings. The van der Waals surface area contributed by atoms with Crippen molar-refractivity contribution in [1.29, 1.82) is 5.26 Å². The van der Waals surface area contributed by atoms with Gasteiger partial charge in [-0.3, -0.25) is 15.1 Å². The molecule has 1 spiro atoms. The number of hydrogen-bond donors (Lipinski definition) is 4.